The van der Waals surface area contributed by atoms with Crippen molar-refractivity contribution in [1.29, 1.82) is 0 Å². The summed E-state index contributed by atoms with van der Waals surface area (Å²) < 4.78 is 0. The summed E-state index contributed by atoms with van der Waals surface area (Å²) in [5, 5.41) is 11.5. The number of benzene rings is 2. The van der Waals surface area contributed by atoms with Crippen LogP contribution in [-0.4, -0.2) is 35.3 Å². The topological polar surface area (TPSA) is 57.2 Å². The van der Waals surface area contributed by atoms with Crippen LogP contribution < -0.4 is 15.1 Å². The molecule has 1 N–H and O–H groups in total. The van der Waals surface area contributed by atoms with E-state index in [1.54, 1.807) is 6.20 Å². The average molecular weight is 374 g/mol. The summed E-state index contributed by atoms with van der Waals surface area (Å²) in [6.45, 7) is 3.06. The van der Waals surface area contributed by atoms with Gasteiger partial charge in [0.05, 0.1) is 6.20 Å². The molecular weight excluding hydrogens is 348 g/mol. The molecule has 0 amide bonds. The van der Waals surface area contributed by atoms with Crippen LogP contribution in [0.3, 0.4) is 0 Å². The van der Waals surface area contributed by atoms with Crippen molar-refractivity contribution in [2.75, 3.05) is 35.3 Å². The standard InChI is InChI=1S/C22H26N6/c1-27(17-18-8-4-2-5-9-18)21-16-23-26-22(25-21)24-19-10-12-20(13-11-19)28-14-6-3-7-15-28/h2,4-5,8-13,16H,3,6-7,14-15,17H2,1H3,(H,24,25,26). The molecule has 6 nitrogen and oxygen atoms in total. The van der Waals surface area contributed by atoms with Crippen molar-refractivity contribution in [1.82, 2.24) is 15.2 Å². The van der Waals surface area contributed by atoms with Crippen LogP contribution >= 0.6 is 0 Å². The number of rotatable bonds is 6. The Balaban J connectivity index is 1.41. The number of hydrogen-bond acceptors (Lipinski definition) is 6. The van der Waals surface area contributed by atoms with Crippen molar-refractivity contribution in [3.63, 3.8) is 0 Å². The summed E-state index contributed by atoms with van der Waals surface area (Å²) >= 11 is 0. The van der Waals surface area contributed by atoms with Crippen molar-refractivity contribution >= 4 is 23.1 Å². The maximum atomic E-state index is 4.61. The van der Waals surface area contributed by atoms with E-state index in [0.717, 1.165) is 31.1 Å². The molecule has 0 spiro atoms. The van der Waals surface area contributed by atoms with Gasteiger partial charge in [0.15, 0.2) is 5.82 Å². The van der Waals surface area contributed by atoms with Gasteiger partial charge in [-0.3, -0.25) is 0 Å². The van der Waals surface area contributed by atoms with Gasteiger partial charge in [0.1, 0.15) is 0 Å². The zero-order valence-corrected chi connectivity index (χ0v) is 16.3. The SMILES string of the molecule is CN(Cc1ccccc1)c1cnnc(Nc2ccc(N3CCCCC3)cc2)n1. The number of piperidine rings is 1. The second-order valence-corrected chi connectivity index (χ2v) is 7.20. The normalized spacial score (nSPS) is 14.0. The lowest BCUT2D eigenvalue weighted by atomic mass is 10.1. The molecule has 1 fully saturated rings. The molecule has 0 unspecified atom stereocenters. The van der Waals surface area contributed by atoms with Crippen LogP contribution in [0.1, 0.15) is 24.8 Å². The zero-order valence-electron chi connectivity index (χ0n) is 16.3. The highest BCUT2D eigenvalue weighted by Gasteiger charge is 2.11. The molecule has 2 aromatic carbocycles. The minimum Gasteiger partial charge on any atom is -0.372 e. The Hall–Kier alpha value is -3.15. The summed E-state index contributed by atoms with van der Waals surface area (Å²) in [6, 6.07) is 18.8. The van der Waals surface area contributed by atoms with Gasteiger partial charge in [-0.15, -0.1) is 5.10 Å². The summed E-state index contributed by atoms with van der Waals surface area (Å²) in [7, 11) is 2.01. The number of hydrogen-bond donors (Lipinski definition) is 1. The number of anilines is 4. The molecule has 1 aliphatic rings. The molecule has 1 saturated heterocycles. The van der Waals surface area contributed by atoms with Crippen LogP contribution in [0.2, 0.25) is 0 Å². The Morgan fingerprint density at radius 1 is 0.964 bits per heavy atom. The fraction of sp³-hybridized carbons (Fsp3) is 0.318. The Morgan fingerprint density at radius 3 is 2.46 bits per heavy atom. The molecule has 0 saturated carbocycles. The van der Waals surface area contributed by atoms with E-state index in [9.17, 15) is 0 Å². The summed E-state index contributed by atoms with van der Waals surface area (Å²) in [6.07, 6.45) is 5.59. The molecule has 6 heteroatoms. The highest BCUT2D eigenvalue weighted by atomic mass is 15.3. The van der Waals surface area contributed by atoms with E-state index in [0.29, 0.717) is 5.95 Å². The van der Waals surface area contributed by atoms with Gasteiger partial charge in [0.2, 0.25) is 5.95 Å². The average Bonchev–Trinajstić information content (AvgIpc) is 2.76. The third-order valence-electron chi connectivity index (χ3n) is 5.04. The first-order valence-corrected chi connectivity index (χ1v) is 9.85. The van der Waals surface area contributed by atoms with E-state index >= 15 is 0 Å². The zero-order chi connectivity index (χ0) is 19.2. The molecule has 0 aliphatic carbocycles. The monoisotopic (exact) mass is 374 g/mol. The van der Waals surface area contributed by atoms with E-state index in [1.165, 1.54) is 30.5 Å². The smallest absolute Gasteiger partial charge is 0.249 e. The largest absolute Gasteiger partial charge is 0.372 e. The van der Waals surface area contributed by atoms with Gasteiger partial charge in [-0.05, 0) is 49.1 Å². The first kappa shape index (κ1) is 18.2. The highest BCUT2D eigenvalue weighted by Crippen LogP contribution is 2.23. The second-order valence-electron chi connectivity index (χ2n) is 7.20. The van der Waals surface area contributed by atoms with Crippen molar-refractivity contribution < 1.29 is 0 Å². The molecule has 1 aliphatic heterocycles. The Bertz CT molecular complexity index is 875. The highest BCUT2D eigenvalue weighted by molar-refractivity contribution is 5.59. The molecule has 0 atom stereocenters. The minimum atomic E-state index is 0.503. The number of nitrogens with one attached hydrogen (secondary N) is 1. The molecule has 0 radical (unpaired) electrons. The summed E-state index contributed by atoms with van der Waals surface area (Å²) in [4.78, 5) is 9.12. The fourth-order valence-corrected chi connectivity index (χ4v) is 3.51. The van der Waals surface area contributed by atoms with Gasteiger partial charge in [-0.25, -0.2) is 0 Å². The molecule has 2 heterocycles. The van der Waals surface area contributed by atoms with E-state index in [-0.39, 0.29) is 0 Å². The van der Waals surface area contributed by atoms with Crippen LogP contribution in [-0.2, 0) is 6.54 Å². The first-order valence-electron chi connectivity index (χ1n) is 9.85. The van der Waals surface area contributed by atoms with Gasteiger partial charge in [-0.1, -0.05) is 30.3 Å². The molecule has 4 rings (SSSR count). The van der Waals surface area contributed by atoms with Gasteiger partial charge < -0.3 is 15.1 Å². The third-order valence-corrected chi connectivity index (χ3v) is 5.04. The lowest BCUT2D eigenvalue weighted by Gasteiger charge is -2.28. The predicted molar refractivity (Wildman–Crippen MR) is 114 cm³/mol. The molecule has 144 valence electrons. The van der Waals surface area contributed by atoms with Crippen LogP contribution in [0.5, 0.6) is 0 Å². The quantitative estimate of drug-likeness (QED) is 0.696. The molecular formula is C22H26N6. The fourth-order valence-electron chi connectivity index (χ4n) is 3.51. The molecule has 1 aromatic heterocycles. The van der Waals surface area contributed by atoms with Crippen molar-refractivity contribution in [2.24, 2.45) is 0 Å². The van der Waals surface area contributed by atoms with Crippen molar-refractivity contribution in [3.05, 3.63) is 66.4 Å². The van der Waals surface area contributed by atoms with Crippen molar-refractivity contribution in [3.8, 4) is 0 Å². The van der Waals surface area contributed by atoms with Gasteiger partial charge >= 0.3 is 0 Å². The Labute approximate surface area is 166 Å². The van der Waals surface area contributed by atoms with Crippen LogP contribution in [0.25, 0.3) is 0 Å². The van der Waals surface area contributed by atoms with Gasteiger partial charge in [-0.2, -0.15) is 10.1 Å². The number of aromatic nitrogens is 3. The van der Waals surface area contributed by atoms with E-state index in [4.69, 9.17) is 0 Å². The second kappa shape index (κ2) is 8.69. The van der Waals surface area contributed by atoms with Gasteiger partial charge in [0.25, 0.3) is 0 Å². The Morgan fingerprint density at radius 2 is 1.71 bits per heavy atom. The minimum absolute atomic E-state index is 0.503. The van der Waals surface area contributed by atoms with E-state index in [1.807, 2.05) is 25.2 Å². The van der Waals surface area contributed by atoms with Crippen LogP contribution in [0.4, 0.5) is 23.1 Å². The maximum Gasteiger partial charge on any atom is 0.249 e. The van der Waals surface area contributed by atoms with Gasteiger partial charge in [0, 0.05) is 38.1 Å². The molecule has 3 aromatic rings. The summed E-state index contributed by atoms with van der Waals surface area (Å²) in [5.74, 6) is 1.29. The van der Waals surface area contributed by atoms with Crippen molar-refractivity contribution in [2.45, 2.75) is 25.8 Å². The van der Waals surface area contributed by atoms with E-state index in [2.05, 4.69) is 66.7 Å². The molecule has 0 bridgehead atoms. The van der Waals surface area contributed by atoms with Crippen LogP contribution in [0, 0.1) is 0 Å². The van der Waals surface area contributed by atoms with Crippen LogP contribution in [0.15, 0.2) is 60.8 Å². The Kier molecular flexibility index (Phi) is 5.66. The summed E-state index contributed by atoms with van der Waals surface area (Å²) in [5.41, 5.74) is 3.47. The first-order chi connectivity index (χ1) is 13.8. The molecule has 28 heavy (non-hydrogen) atoms. The number of nitrogens with zero attached hydrogens (tertiary/aromatic N) is 5. The maximum absolute atomic E-state index is 4.61. The third kappa shape index (κ3) is 4.57. The lowest BCUT2D eigenvalue weighted by molar-refractivity contribution is 0.578. The van der Waals surface area contributed by atoms with E-state index < -0.39 is 0 Å². The lowest BCUT2D eigenvalue weighted by Crippen LogP contribution is -2.29. The predicted octanol–water partition coefficient (Wildman–Crippen LogP) is 4.24.